The number of hydrogen-bond acceptors (Lipinski definition) is 4. The molecule has 0 saturated carbocycles. The highest BCUT2D eigenvalue weighted by Crippen LogP contribution is 2.34. The van der Waals surface area contributed by atoms with E-state index in [2.05, 4.69) is 28.4 Å². The van der Waals surface area contributed by atoms with Crippen LogP contribution >= 0.6 is 11.3 Å². The number of halogens is 1. The molecule has 0 spiro atoms. The van der Waals surface area contributed by atoms with Gasteiger partial charge in [0.05, 0.1) is 5.69 Å². The zero-order valence-electron chi connectivity index (χ0n) is 14.2. The molecule has 25 heavy (non-hydrogen) atoms. The average Bonchev–Trinajstić information content (AvgIpc) is 3.18. The fourth-order valence-electron chi connectivity index (χ4n) is 3.38. The van der Waals surface area contributed by atoms with Gasteiger partial charge < -0.3 is 10.6 Å². The second-order valence-electron chi connectivity index (χ2n) is 6.44. The Bertz CT molecular complexity index is 983. The SMILES string of the molecule is C=c1cc(-n2cc3cc(C4CCNCC4)sc3n2)cc(F)/c1=C/NC. The lowest BCUT2D eigenvalue weighted by molar-refractivity contribution is 0.465. The van der Waals surface area contributed by atoms with Gasteiger partial charge in [-0.15, -0.1) is 11.3 Å². The number of fused-ring (bicyclic) bond motifs is 1. The molecule has 3 heterocycles. The minimum absolute atomic E-state index is 0.300. The Morgan fingerprint density at radius 1 is 1.36 bits per heavy atom. The van der Waals surface area contributed by atoms with E-state index in [1.165, 1.54) is 23.8 Å². The number of nitrogens with zero attached hydrogens (tertiary/aromatic N) is 2. The van der Waals surface area contributed by atoms with E-state index in [1.807, 2.05) is 12.3 Å². The van der Waals surface area contributed by atoms with Crippen LogP contribution in [0.4, 0.5) is 4.39 Å². The lowest BCUT2D eigenvalue weighted by atomic mass is 9.96. The average molecular weight is 356 g/mol. The molecule has 1 fully saturated rings. The quantitative estimate of drug-likeness (QED) is 0.755. The van der Waals surface area contributed by atoms with Gasteiger partial charge in [-0.05, 0) is 49.2 Å². The van der Waals surface area contributed by atoms with Crippen LogP contribution in [0.1, 0.15) is 23.6 Å². The zero-order chi connectivity index (χ0) is 17.4. The molecule has 2 N–H and O–H groups in total. The highest BCUT2D eigenvalue weighted by atomic mass is 32.1. The molecule has 0 amide bonds. The molecule has 0 unspecified atom stereocenters. The van der Waals surface area contributed by atoms with Gasteiger partial charge in [-0.1, -0.05) is 6.58 Å². The van der Waals surface area contributed by atoms with E-state index in [0.717, 1.165) is 23.3 Å². The summed E-state index contributed by atoms with van der Waals surface area (Å²) in [6.07, 6.45) is 5.96. The second kappa shape index (κ2) is 6.61. The van der Waals surface area contributed by atoms with Crippen LogP contribution in [-0.4, -0.2) is 29.9 Å². The summed E-state index contributed by atoms with van der Waals surface area (Å²) in [7, 11) is 1.74. The smallest absolute Gasteiger partial charge is 0.146 e. The topological polar surface area (TPSA) is 41.9 Å². The van der Waals surface area contributed by atoms with Crippen molar-refractivity contribution in [3.05, 3.63) is 45.5 Å². The number of piperidine rings is 1. The second-order valence-corrected chi connectivity index (χ2v) is 7.50. The fraction of sp³-hybridized carbons (Fsp3) is 0.316. The van der Waals surface area contributed by atoms with E-state index in [0.29, 0.717) is 22.0 Å². The Hall–Kier alpha value is -2.18. The summed E-state index contributed by atoms with van der Waals surface area (Å²) in [5.41, 5.74) is 0.697. The van der Waals surface area contributed by atoms with Crippen molar-refractivity contribution in [1.29, 1.82) is 0 Å². The molecule has 6 heteroatoms. The third kappa shape index (κ3) is 3.07. The van der Waals surface area contributed by atoms with E-state index < -0.39 is 0 Å². The molecular formula is C19H21FN4S. The zero-order valence-corrected chi connectivity index (χ0v) is 15.0. The minimum Gasteiger partial charge on any atom is -0.393 e. The monoisotopic (exact) mass is 356 g/mol. The van der Waals surface area contributed by atoms with E-state index in [-0.39, 0.29) is 5.82 Å². The van der Waals surface area contributed by atoms with Gasteiger partial charge in [-0.2, -0.15) is 5.10 Å². The predicted octanol–water partition coefficient (Wildman–Crippen LogP) is 2.06. The van der Waals surface area contributed by atoms with Gasteiger partial charge in [0.1, 0.15) is 10.6 Å². The Balaban J connectivity index is 1.69. The Morgan fingerprint density at radius 3 is 2.84 bits per heavy atom. The number of nitrogens with one attached hydrogen (secondary N) is 2. The molecule has 0 aliphatic carbocycles. The molecule has 4 nitrogen and oxygen atoms in total. The molecule has 1 aliphatic rings. The summed E-state index contributed by atoms with van der Waals surface area (Å²) in [5.74, 6) is 0.334. The van der Waals surface area contributed by atoms with Gasteiger partial charge in [0, 0.05) is 41.0 Å². The van der Waals surface area contributed by atoms with Crippen LogP contribution in [-0.2, 0) is 0 Å². The van der Waals surface area contributed by atoms with Crippen molar-refractivity contribution in [3.63, 3.8) is 0 Å². The summed E-state index contributed by atoms with van der Waals surface area (Å²) in [5, 5.41) is 13.1. The third-order valence-electron chi connectivity index (χ3n) is 4.71. The van der Waals surface area contributed by atoms with Gasteiger partial charge >= 0.3 is 0 Å². The van der Waals surface area contributed by atoms with E-state index >= 15 is 0 Å². The lowest BCUT2D eigenvalue weighted by Gasteiger charge is -2.21. The summed E-state index contributed by atoms with van der Waals surface area (Å²) >= 11 is 1.75. The van der Waals surface area contributed by atoms with Crippen LogP contribution in [0.2, 0.25) is 0 Å². The van der Waals surface area contributed by atoms with Crippen LogP contribution in [0.25, 0.3) is 28.7 Å². The summed E-state index contributed by atoms with van der Waals surface area (Å²) in [6, 6.07) is 5.60. The summed E-state index contributed by atoms with van der Waals surface area (Å²) in [4.78, 5) is 2.42. The molecule has 4 rings (SSSR count). The number of thiophene rings is 1. The maximum Gasteiger partial charge on any atom is 0.146 e. The first-order valence-electron chi connectivity index (χ1n) is 8.52. The van der Waals surface area contributed by atoms with Crippen LogP contribution in [0, 0.1) is 5.82 Å². The maximum atomic E-state index is 14.3. The van der Waals surface area contributed by atoms with E-state index in [9.17, 15) is 4.39 Å². The first kappa shape index (κ1) is 16.3. The number of benzene rings is 1. The van der Waals surface area contributed by atoms with E-state index in [4.69, 9.17) is 0 Å². The van der Waals surface area contributed by atoms with Gasteiger partial charge in [0.15, 0.2) is 0 Å². The summed E-state index contributed by atoms with van der Waals surface area (Å²) < 4.78 is 16.1. The highest BCUT2D eigenvalue weighted by Gasteiger charge is 2.19. The van der Waals surface area contributed by atoms with Crippen molar-refractivity contribution in [2.24, 2.45) is 0 Å². The van der Waals surface area contributed by atoms with Crippen molar-refractivity contribution in [1.82, 2.24) is 20.4 Å². The molecule has 0 bridgehead atoms. The van der Waals surface area contributed by atoms with Gasteiger partial charge in [0.25, 0.3) is 0 Å². The Morgan fingerprint density at radius 2 is 2.16 bits per heavy atom. The van der Waals surface area contributed by atoms with Crippen molar-refractivity contribution >= 4 is 34.3 Å². The first-order chi connectivity index (χ1) is 12.2. The Labute approximate surface area is 149 Å². The van der Waals surface area contributed by atoms with Gasteiger partial charge in [-0.25, -0.2) is 9.07 Å². The standard InChI is InChI=1S/C19H21FN4S/c1-12-7-15(9-17(20)16(12)10-21-2)24-11-14-8-18(25-19(14)23-24)13-3-5-22-6-4-13/h7-11,13,21-22H,1,3-6H2,2H3/b16-10+. The molecule has 130 valence electrons. The van der Waals surface area contributed by atoms with Crippen LogP contribution < -0.4 is 21.1 Å². The van der Waals surface area contributed by atoms with Crippen LogP contribution in [0.3, 0.4) is 0 Å². The predicted molar refractivity (Wildman–Crippen MR) is 102 cm³/mol. The third-order valence-corrected chi connectivity index (χ3v) is 5.91. The lowest BCUT2D eigenvalue weighted by Crippen LogP contribution is -2.29. The maximum absolute atomic E-state index is 14.3. The van der Waals surface area contributed by atoms with Crippen molar-refractivity contribution < 1.29 is 4.39 Å². The largest absolute Gasteiger partial charge is 0.393 e. The van der Waals surface area contributed by atoms with Crippen molar-refractivity contribution in [3.8, 4) is 5.69 Å². The number of rotatable bonds is 3. The molecule has 1 aliphatic heterocycles. The van der Waals surface area contributed by atoms with Crippen LogP contribution in [0.15, 0.2) is 24.4 Å². The molecule has 1 aromatic carbocycles. The number of aromatic nitrogens is 2. The Kier molecular flexibility index (Phi) is 4.31. The molecule has 2 aromatic heterocycles. The summed E-state index contributed by atoms with van der Waals surface area (Å²) in [6.45, 7) is 6.12. The molecule has 0 radical (unpaired) electrons. The molecule has 1 saturated heterocycles. The first-order valence-corrected chi connectivity index (χ1v) is 9.33. The molecule has 3 aromatic rings. The minimum atomic E-state index is -0.300. The molecule has 0 atom stereocenters. The van der Waals surface area contributed by atoms with E-state index in [1.54, 1.807) is 29.3 Å². The van der Waals surface area contributed by atoms with Crippen LogP contribution in [0.5, 0.6) is 0 Å². The van der Waals surface area contributed by atoms with Gasteiger partial charge in [0.2, 0.25) is 0 Å². The van der Waals surface area contributed by atoms with Gasteiger partial charge in [-0.3, -0.25) is 0 Å². The molecular weight excluding hydrogens is 335 g/mol. The van der Waals surface area contributed by atoms with Crippen molar-refractivity contribution in [2.75, 3.05) is 20.1 Å². The fourth-order valence-corrected chi connectivity index (χ4v) is 4.55. The highest BCUT2D eigenvalue weighted by molar-refractivity contribution is 7.18. The van der Waals surface area contributed by atoms with Crippen molar-refractivity contribution in [2.45, 2.75) is 18.8 Å². The normalized spacial score (nSPS) is 16.6. The number of hydrogen-bond donors (Lipinski definition) is 2.